The monoisotopic (exact) mass is 248 g/mol. The number of rotatable bonds is 1. The van der Waals surface area contributed by atoms with Crippen molar-refractivity contribution in [2.75, 3.05) is 0 Å². The van der Waals surface area contributed by atoms with E-state index in [1.807, 2.05) is 58.4 Å². The number of phenols is 1. The Labute approximate surface area is 110 Å². The highest BCUT2D eigenvalue weighted by Gasteiger charge is 2.03. The zero-order chi connectivity index (χ0) is 14.1. The summed E-state index contributed by atoms with van der Waals surface area (Å²) >= 11 is 0. The quantitative estimate of drug-likeness (QED) is 0.819. The summed E-state index contributed by atoms with van der Waals surface area (Å²) in [7, 11) is 0. The van der Waals surface area contributed by atoms with E-state index in [-0.39, 0.29) is 5.75 Å². The van der Waals surface area contributed by atoms with Crippen molar-refractivity contribution in [2.45, 2.75) is 41.5 Å². The number of nitrogens with zero attached hydrogens (tertiary/aromatic N) is 2. The van der Waals surface area contributed by atoms with Crippen LogP contribution in [0.3, 0.4) is 0 Å². The molecule has 0 aliphatic rings. The summed E-state index contributed by atoms with van der Waals surface area (Å²) in [5.74, 6) is 0.259. The van der Waals surface area contributed by atoms with Crippen molar-refractivity contribution in [1.82, 2.24) is 9.78 Å². The maximum Gasteiger partial charge on any atom is 0.117 e. The molecule has 0 radical (unpaired) electrons. The summed E-state index contributed by atoms with van der Waals surface area (Å²) in [6.07, 6.45) is 0. The second-order valence-electron chi connectivity index (χ2n) is 3.36. The number of aromatic nitrogens is 2. The molecule has 0 amide bonds. The molecule has 18 heavy (non-hydrogen) atoms. The smallest absolute Gasteiger partial charge is 0.117 e. The van der Waals surface area contributed by atoms with Gasteiger partial charge in [0.25, 0.3) is 0 Å². The van der Waals surface area contributed by atoms with Gasteiger partial charge in [0.15, 0.2) is 0 Å². The van der Waals surface area contributed by atoms with E-state index in [4.69, 9.17) is 0 Å². The van der Waals surface area contributed by atoms with Gasteiger partial charge >= 0.3 is 0 Å². The summed E-state index contributed by atoms with van der Waals surface area (Å²) in [6.45, 7) is 11.9. The van der Waals surface area contributed by atoms with Crippen LogP contribution in [0, 0.1) is 13.8 Å². The largest absolute Gasteiger partial charge is 0.508 e. The van der Waals surface area contributed by atoms with Crippen molar-refractivity contribution in [3.63, 3.8) is 0 Å². The van der Waals surface area contributed by atoms with Gasteiger partial charge in [-0.15, -0.1) is 0 Å². The van der Waals surface area contributed by atoms with Gasteiger partial charge in [0.2, 0.25) is 0 Å². The van der Waals surface area contributed by atoms with Crippen LogP contribution in [0.4, 0.5) is 0 Å². The molecule has 0 saturated carbocycles. The van der Waals surface area contributed by atoms with Gasteiger partial charge in [-0.25, -0.2) is 4.68 Å². The second-order valence-corrected chi connectivity index (χ2v) is 3.36. The molecule has 0 unspecified atom stereocenters. The van der Waals surface area contributed by atoms with Gasteiger partial charge in [-0.05, 0) is 32.0 Å². The fraction of sp³-hybridized carbons (Fsp3) is 0.400. The zero-order valence-corrected chi connectivity index (χ0v) is 12.2. The molecular weight excluding hydrogens is 224 g/mol. The average molecular weight is 248 g/mol. The van der Waals surface area contributed by atoms with E-state index in [0.717, 1.165) is 17.1 Å². The van der Waals surface area contributed by atoms with Crippen LogP contribution < -0.4 is 0 Å². The van der Waals surface area contributed by atoms with E-state index in [0.29, 0.717) is 0 Å². The third-order valence-corrected chi connectivity index (χ3v) is 2.08. The zero-order valence-electron chi connectivity index (χ0n) is 12.2. The van der Waals surface area contributed by atoms with Crippen molar-refractivity contribution >= 4 is 0 Å². The van der Waals surface area contributed by atoms with Crippen molar-refractivity contribution < 1.29 is 5.11 Å². The van der Waals surface area contributed by atoms with Gasteiger partial charge < -0.3 is 5.11 Å². The Kier molecular flexibility index (Phi) is 7.52. The lowest BCUT2D eigenvalue weighted by Gasteiger charge is -2.03. The molecule has 0 spiro atoms. The van der Waals surface area contributed by atoms with E-state index in [9.17, 15) is 5.11 Å². The van der Waals surface area contributed by atoms with Gasteiger partial charge in [-0.1, -0.05) is 33.8 Å². The maximum atomic E-state index is 9.33. The van der Waals surface area contributed by atoms with Crippen molar-refractivity contribution in [1.29, 1.82) is 0 Å². The van der Waals surface area contributed by atoms with Gasteiger partial charge in [-0.3, -0.25) is 0 Å². The number of aromatic hydroxyl groups is 1. The van der Waals surface area contributed by atoms with Crippen molar-refractivity contribution in [3.05, 3.63) is 41.7 Å². The van der Waals surface area contributed by atoms with E-state index < -0.39 is 0 Å². The molecule has 3 nitrogen and oxygen atoms in total. The van der Waals surface area contributed by atoms with Crippen molar-refractivity contribution in [2.24, 2.45) is 0 Å². The molecule has 1 aromatic heterocycles. The van der Waals surface area contributed by atoms with Crippen LogP contribution in [-0.2, 0) is 0 Å². The fourth-order valence-corrected chi connectivity index (χ4v) is 1.52. The summed E-state index contributed by atoms with van der Waals surface area (Å²) in [4.78, 5) is 0. The van der Waals surface area contributed by atoms with Crippen LogP contribution in [0.25, 0.3) is 5.69 Å². The topological polar surface area (TPSA) is 38.0 Å². The molecule has 1 N–H and O–H groups in total. The van der Waals surface area contributed by atoms with E-state index in [1.54, 1.807) is 18.2 Å². The van der Waals surface area contributed by atoms with Crippen LogP contribution in [0.5, 0.6) is 5.75 Å². The molecule has 1 heterocycles. The molecule has 2 aromatic rings. The van der Waals surface area contributed by atoms with Gasteiger partial charge in [0, 0.05) is 11.8 Å². The number of phenolic OH excluding ortho intramolecular Hbond substituents is 1. The molecule has 0 fully saturated rings. The summed E-state index contributed by atoms with van der Waals surface area (Å²) in [5, 5.41) is 13.7. The maximum absolute atomic E-state index is 9.33. The first-order chi connectivity index (χ1) is 8.66. The first-order valence-electron chi connectivity index (χ1n) is 6.49. The van der Waals surface area contributed by atoms with E-state index >= 15 is 0 Å². The third-order valence-electron chi connectivity index (χ3n) is 2.08. The Morgan fingerprint density at radius 1 is 1.00 bits per heavy atom. The van der Waals surface area contributed by atoms with Crippen LogP contribution in [0.1, 0.15) is 39.1 Å². The van der Waals surface area contributed by atoms with Gasteiger partial charge in [-0.2, -0.15) is 5.10 Å². The lowest BCUT2D eigenvalue weighted by molar-refractivity contribution is 0.474. The highest BCUT2D eigenvalue weighted by molar-refractivity contribution is 5.39. The fourth-order valence-electron chi connectivity index (χ4n) is 1.52. The SMILES string of the molecule is CC.CC.Cc1cc(C)n(-c2cccc(O)c2)n1. The summed E-state index contributed by atoms with van der Waals surface area (Å²) in [5.41, 5.74) is 2.93. The van der Waals surface area contributed by atoms with Gasteiger partial charge in [0.1, 0.15) is 5.75 Å². The van der Waals surface area contributed by atoms with Crippen LogP contribution in [0.15, 0.2) is 30.3 Å². The lowest BCUT2D eigenvalue weighted by Crippen LogP contribution is -1.98. The molecule has 2 rings (SSSR count). The molecule has 0 atom stereocenters. The molecule has 0 bridgehead atoms. The Morgan fingerprint density at radius 2 is 1.61 bits per heavy atom. The molecule has 3 heteroatoms. The van der Waals surface area contributed by atoms with Crippen molar-refractivity contribution in [3.8, 4) is 11.4 Å². The predicted molar refractivity (Wildman–Crippen MR) is 77.4 cm³/mol. The second kappa shape index (κ2) is 8.34. The predicted octanol–water partition coefficient (Wildman–Crippen LogP) is 4.25. The van der Waals surface area contributed by atoms with Crippen LogP contribution in [-0.4, -0.2) is 14.9 Å². The lowest BCUT2D eigenvalue weighted by atomic mass is 10.3. The molecule has 1 aromatic carbocycles. The summed E-state index contributed by atoms with van der Waals surface area (Å²) < 4.78 is 1.81. The molecular formula is C15H24N2O. The Balaban J connectivity index is 0.000000659. The highest BCUT2D eigenvalue weighted by Crippen LogP contribution is 2.16. The first kappa shape index (κ1) is 16.2. The number of benzene rings is 1. The normalized spacial score (nSPS) is 8.78. The molecule has 0 aliphatic carbocycles. The molecule has 0 aliphatic heterocycles. The van der Waals surface area contributed by atoms with E-state index in [1.165, 1.54) is 0 Å². The number of hydrogen-bond donors (Lipinski definition) is 1. The van der Waals surface area contributed by atoms with Crippen LogP contribution >= 0.6 is 0 Å². The number of aryl methyl sites for hydroxylation is 2. The highest BCUT2D eigenvalue weighted by atomic mass is 16.3. The minimum absolute atomic E-state index is 0.259. The minimum atomic E-state index is 0.259. The van der Waals surface area contributed by atoms with Crippen LogP contribution in [0.2, 0.25) is 0 Å². The Bertz CT molecular complexity index is 461. The Morgan fingerprint density at radius 3 is 2.06 bits per heavy atom. The summed E-state index contributed by atoms with van der Waals surface area (Å²) in [6, 6.07) is 9.07. The first-order valence-corrected chi connectivity index (χ1v) is 6.49. The molecule has 0 saturated heterocycles. The third kappa shape index (κ3) is 4.24. The standard InChI is InChI=1S/C11H12N2O.2C2H6/c1-8-6-9(2)13(12-8)10-4-3-5-11(14)7-10;2*1-2/h3-7,14H,1-2H3;2*1-2H3. The Hall–Kier alpha value is -1.77. The minimum Gasteiger partial charge on any atom is -0.508 e. The number of hydrogen-bond acceptors (Lipinski definition) is 2. The van der Waals surface area contributed by atoms with E-state index in [2.05, 4.69) is 5.10 Å². The average Bonchev–Trinajstić information content (AvgIpc) is 2.73. The van der Waals surface area contributed by atoms with Gasteiger partial charge in [0.05, 0.1) is 11.4 Å². The molecule has 100 valence electrons.